The number of carbonyl (C=O) groups excluding carboxylic acids is 4. The average molecular weight is 575 g/mol. The Balaban J connectivity index is 1.43. The second-order valence-corrected chi connectivity index (χ2v) is 10.1. The number of halogens is 2. The minimum absolute atomic E-state index is 0.0170. The molecule has 4 amide bonds. The zero-order valence-corrected chi connectivity index (χ0v) is 23.0. The van der Waals surface area contributed by atoms with Gasteiger partial charge in [-0.25, -0.2) is 9.80 Å². The van der Waals surface area contributed by atoms with Gasteiger partial charge >= 0.3 is 0 Å². The Morgan fingerprint density at radius 3 is 1.20 bits per heavy atom. The lowest BCUT2D eigenvalue weighted by atomic mass is 10.1. The first kappa shape index (κ1) is 27.2. The van der Waals surface area contributed by atoms with Gasteiger partial charge in [0.05, 0.1) is 11.4 Å². The van der Waals surface area contributed by atoms with Gasteiger partial charge in [0.25, 0.3) is 23.6 Å². The fourth-order valence-electron chi connectivity index (χ4n) is 4.62. The molecule has 2 unspecified atom stereocenters. The highest BCUT2D eigenvalue weighted by Crippen LogP contribution is 2.39. The van der Waals surface area contributed by atoms with Crippen LogP contribution >= 0.6 is 23.2 Å². The first-order valence-electron chi connectivity index (χ1n) is 12.5. The molecule has 3 aromatic carbocycles. The van der Waals surface area contributed by atoms with Crippen LogP contribution < -0.4 is 20.4 Å². The van der Waals surface area contributed by atoms with Gasteiger partial charge in [-0.2, -0.15) is 0 Å². The number of benzene rings is 3. The van der Waals surface area contributed by atoms with Gasteiger partial charge in [0.2, 0.25) is 0 Å². The topological polar surface area (TPSA) is 98.8 Å². The van der Waals surface area contributed by atoms with E-state index in [9.17, 15) is 19.2 Å². The number of carbonyl (C=O) groups is 4. The number of para-hydroxylation sites is 2. The van der Waals surface area contributed by atoms with Crippen molar-refractivity contribution in [3.8, 4) is 0 Å². The molecule has 0 fully saturated rings. The Hall–Kier alpha value is -4.40. The van der Waals surface area contributed by atoms with Crippen molar-refractivity contribution in [3.05, 3.63) is 118 Å². The van der Waals surface area contributed by atoms with Gasteiger partial charge in [-0.1, -0.05) is 96.0 Å². The van der Waals surface area contributed by atoms with Crippen molar-refractivity contribution in [2.24, 2.45) is 0 Å². The molecule has 40 heavy (non-hydrogen) atoms. The van der Waals surface area contributed by atoms with Crippen LogP contribution in [0.2, 0.25) is 0 Å². The van der Waals surface area contributed by atoms with Crippen LogP contribution in [0.1, 0.15) is 37.1 Å². The van der Waals surface area contributed by atoms with Gasteiger partial charge in [-0.3, -0.25) is 19.2 Å². The van der Waals surface area contributed by atoms with Gasteiger partial charge in [0.1, 0.15) is 21.5 Å². The van der Waals surface area contributed by atoms with E-state index in [1.165, 1.54) is 12.1 Å². The molecule has 0 aliphatic carbocycles. The Kier molecular flexibility index (Phi) is 7.47. The van der Waals surface area contributed by atoms with Crippen molar-refractivity contribution in [2.75, 3.05) is 9.80 Å². The second kappa shape index (κ2) is 11.0. The predicted octanol–water partition coefficient (Wildman–Crippen LogP) is 5.04. The van der Waals surface area contributed by atoms with Crippen LogP contribution in [0.4, 0.5) is 11.4 Å². The molecule has 2 heterocycles. The van der Waals surface area contributed by atoms with Gasteiger partial charge in [0.15, 0.2) is 0 Å². The summed E-state index contributed by atoms with van der Waals surface area (Å²) >= 11 is 12.7. The van der Waals surface area contributed by atoms with Crippen LogP contribution in [0.25, 0.3) is 0 Å². The van der Waals surface area contributed by atoms with Crippen molar-refractivity contribution >= 4 is 58.2 Å². The zero-order chi connectivity index (χ0) is 28.6. The largest absolute Gasteiger partial charge is 0.373 e. The minimum atomic E-state index is -0.781. The summed E-state index contributed by atoms with van der Waals surface area (Å²) in [5.74, 6) is -2.98. The van der Waals surface area contributed by atoms with Crippen LogP contribution in [-0.2, 0) is 19.2 Å². The van der Waals surface area contributed by atoms with E-state index >= 15 is 0 Å². The Morgan fingerprint density at radius 2 is 0.850 bits per heavy atom. The van der Waals surface area contributed by atoms with Crippen LogP contribution in [0.15, 0.2) is 106 Å². The summed E-state index contributed by atoms with van der Waals surface area (Å²) in [5, 5.41) is 5.47. The third-order valence-electron chi connectivity index (χ3n) is 6.74. The van der Waals surface area contributed by atoms with Crippen molar-refractivity contribution in [1.82, 2.24) is 10.6 Å². The number of anilines is 2. The number of imide groups is 2. The van der Waals surface area contributed by atoms with Gasteiger partial charge in [-0.05, 0) is 37.1 Å². The third kappa shape index (κ3) is 4.76. The maximum Gasteiger partial charge on any atom is 0.283 e. The lowest BCUT2D eigenvalue weighted by Crippen LogP contribution is -2.38. The summed E-state index contributed by atoms with van der Waals surface area (Å²) in [5.41, 5.74) is 1.65. The molecule has 5 rings (SSSR count). The number of rotatable bonds is 8. The first-order chi connectivity index (χ1) is 19.2. The second-order valence-electron chi connectivity index (χ2n) is 9.31. The molecule has 2 aliphatic rings. The SMILES string of the molecule is CC(NC1=C(Cl)C(=O)N(c2ccccc2N2C(=O)C(Cl)=C(NC(C)c3ccccc3)C2=O)C1=O)c1ccccc1. The van der Waals surface area contributed by atoms with E-state index in [1.54, 1.807) is 12.1 Å². The molecule has 8 nitrogen and oxygen atoms in total. The standard InChI is InChI=1S/C30H24Cl2N4O4/c1-17(19-11-5-3-6-12-19)33-25-23(31)27(37)35(29(25)39)21-15-9-10-16-22(21)36-28(38)24(32)26(30(36)40)34-18(2)20-13-7-4-8-14-20/h3-18,33-34H,1-2H3. The molecule has 202 valence electrons. The maximum atomic E-state index is 13.5. The van der Waals surface area contributed by atoms with Crippen molar-refractivity contribution in [1.29, 1.82) is 0 Å². The monoisotopic (exact) mass is 574 g/mol. The molecule has 2 N–H and O–H groups in total. The van der Waals surface area contributed by atoms with E-state index in [-0.39, 0.29) is 44.9 Å². The summed E-state index contributed by atoms with van der Waals surface area (Å²) in [7, 11) is 0. The highest BCUT2D eigenvalue weighted by molar-refractivity contribution is 6.54. The molecule has 0 spiro atoms. The molecule has 0 aromatic heterocycles. The highest BCUT2D eigenvalue weighted by atomic mass is 35.5. The number of nitrogens with one attached hydrogen (secondary N) is 2. The predicted molar refractivity (Wildman–Crippen MR) is 153 cm³/mol. The van der Waals surface area contributed by atoms with E-state index in [0.29, 0.717) is 0 Å². The fraction of sp³-hybridized carbons (Fsp3) is 0.133. The van der Waals surface area contributed by atoms with Crippen LogP contribution in [0.3, 0.4) is 0 Å². The van der Waals surface area contributed by atoms with Crippen molar-refractivity contribution in [3.63, 3.8) is 0 Å². The number of nitrogens with zero attached hydrogens (tertiary/aromatic N) is 2. The lowest BCUT2D eigenvalue weighted by Gasteiger charge is -2.24. The van der Waals surface area contributed by atoms with E-state index in [4.69, 9.17) is 23.2 Å². The Labute approximate surface area is 240 Å². The molecule has 0 saturated carbocycles. The maximum absolute atomic E-state index is 13.5. The third-order valence-corrected chi connectivity index (χ3v) is 7.44. The molecule has 10 heteroatoms. The molecular formula is C30H24Cl2N4O4. The Bertz CT molecular complexity index is 1470. The average Bonchev–Trinajstić information content (AvgIpc) is 3.31. The number of hydrogen-bond donors (Lipinski definition) is 2. The molecule has 0 radical (unpaired) electrons. The summed E-state index contributed by atoms with van der Waals surface area (Å²) in [6.07, 6.45) is 0. The number of hydrogen-bond acceptors (Lipinski definition) is 6. The first-order valence-corrected chi connectivity index (χ1v) is 13.3. The van der Waals surface area contributed by atoms with E-state index in [2.05, 4.69) is 10.6 Å². The zero-order valence-electron chi connectivity index (χ0n) is 21.5. The highest BCUT2D eigenvalue weighted by Gasteiger charge is 2.44. The van der Waals surface area contributed by atoms with Gasteiger partial charge < -0.3 is 10.6 Å². The van der Waals surface area contributed by atoms with E-state index in [0.717, 1.165) is 20.9 Å². The Morgan fingerprint density at radius 1 is 0.525 bits per heavy atom. The van der Waals surface area contributed by atoms with Gasteiger partial charge in [0, 0.05) is 12.1 Å². The van der Waals surface area contributed by atoms with Crippen LogP contribution in [0, 0.1) is 0 Å². The molecule has 0 saturated heterocycles. The summed E-state index contributed by atoms with van der Waals surface area (Å²) in [6.45, 7) is 3.67. The smallest absolute Gasteiger partial charge is 0.283 e. The molecular weight excluding hydrogens is 551 g/mol. The van der Waals surface area contributed by atoms with Crippen LogP contribution in [-0.4, -0.2) is 23.6 Å². The van der Waals surface area contributed by atoms with E-state index < -0.39 is 23.6 Å². The molecule has 3 aromatic rings. The quantitative estimate of drug-likeness (QED) is 0.366. The van der Waals surface area contributed by atoms with Gasteiger partial charge in [-0.15, -0.1) is 0 Å². The summed E-state index contributed by atoms with van der Waals surface area (Å²) in [6, 6.07) is 24.1. The molecule has 0 bridgehead atoms. The van der Waals surface area contributed by atoms with Crippen molar-refractivity contribution in [2.45, 2.75) is 25.9 Å². The fourth-order valence-corrected chi connectivity index (χ4v) is 5.06. The summed E-state index contributed by atoms with van der Waals surface area (Å²) < 4.78 is 0. The minimum Gasteiger partial charge on any atom is -0.373 e. The summed E-state index contributed by atoms with van der Waals surface area (Å²) in [4.78, 5) is 55.2. The lowest BCUT2D eigenvalue weighted by molar-refractivity contribution is -0.122. The van der Waals surface area contributed by atoms with E-state index in [1.807, 2.05) is 74.5 Å². The van der Waals surface area contributed by atoms with Crippen LogP contribution in [0.5, 0.6) is 0 Å². The number of amides is 4. The van der Waals surface area contributed by atoms with Crippen molar-refractivity contribution < 1.29 is 19.2 Å². The normalized spacial score (nSPS) is 17.2. The molecule has 2 aliphatic heterocycles. The molecule has 2 atom stereocenters.